The van der Waals surface area contributed by atoms with E-state index in [1.54, 1.807) is 6.92 Å². The highest BCUT2D eigenvalue weighted by molar-refractivity contribution is 5.72. The summed E-state index contributed by atoms with van der Waals surface area (Å²) in [5.41, 5.74) is 5.34. The van der Waals surface area contributed by atoms with Crippen molar-refractivity contribution in [2.24, 2.45) is 5.73 Å². The minimum absolute atomic E-state index is 0. The van der Waals surface area contributed by atoms with Gasteiger partial charge in [0.25, 0.3) is 0 Å². The summed E-state index contributed by atoms with van der Waals surface area (Å²) >= 11 is 0. The number of unbranched alkanes of at least 4 members (excludes halogenated alkanes) is 1. The van der Waals surface area contributed by atoms with Crippen molar-refractivity contribution in [3.8, 4) is 0 Å². The van der Waals surface area contributed by atoms with E-state index in [9.17, 15) is 4.79 Å². The van der Waals surface area contributed by atoms with E-state index in [2.05, 4.69) is 10.6 Å². The van der Waals surface area contributed by atoms with Crippen LogP contribution in [0.4, 0.5) is 0 Å². The molecule has 0 saturated carbocycles. The molecule has 0 spiro atoms. The largest absolute Gasteiger partial charge is 0.412 e. The summed E-state index contributed by atoms with van der Waals surface area (Å²) in [6.07, 6.45) is 3.17. The molecular weight excluding hydrogens is 182 g/mol. The van der Waals surface area contributed by atoms with E-state index in [0.29, 0.717) is 0 Å². The molecule has 0 rings (SSSR count). The Bertz CT molecular complexity index is 131. The molecule has 0 aliphatic rings. The van der Waals surface area contributed by atoms with Crippen LogP contribution in [0.5, 0.6) is 0 Å². The Labute approximate surface area is 85.7 Å². The molecule has 14 heavy (non-hydrogen) atoms. The van der Waals surface area contributed by atoms with Gasteiger partial charge in [0.1, 0.15) is 0 Å². The lowest BCUT2D eigenvalue weighted by molar-refractivity contribution is -0.118. The zero-order chi connectivity index (χ0) is 9.94. The molecule has 0 saturated heterocycles. The van der Waals surface area contributed by atoms with Crippen molar-refractivity contribution in [2.75, 3.05) is 26.2 Å². The Morgan fingerprint density at radius 3 is 2.29 bits per heavy atom. The van der Waals surface area contributed by atoms with Crippen LogP contribution < -0.4 is 16.4 Å². The lowest BCUT2D eigenvalue weighted by atomic mass is 10.3. The molecule has 0 radical (unpaired) electrons. The molecule has 6 N–H and O–H groups in total. The molecule has 0 aromatic heterocycles. The average Bonchev–Trinajstić information content (AvgIpc) is 2.09. The summed E-state index contributed by atoms with van der Waals surface area (Å²) in [5.74, 6) is 0.0519. The van der Waals surface area contributed by atoms with Gasteiger partial charge in [-0.25, -0.2) is 0 Å². The topological polar surface area (TPSA) is 98.7 Å². The summed E-state index contributed by atoms with van der Waals surface area (Å²) in [6.45, 7) is 5.09. The summed E-state index contributed by atoms with van der Waals surface area (Å²) in [5, 5.41) is 6.04. The lowest BCUT2D eigenvalue weighted by Crippen LogP contribution is -2.23. The third kappa shape index (κ3) is 13.9. The first kappa shape index (κ1) is 15.8. The molecular formula is C9H23N3O2. The van der Waals surface area contributed by atoms with E-state index < -0.39 is 0 Å². The maximum absolute atomic E-state index is 10.5. The molecule has 5 nitrogen and oxygen atoms in total. The van der Waals surface area contributed by atoms with Gasteiger partial charge in [-0.3, -0.25) is 4.79 Å². The van der Waals surface area contributed by atoms with Crippen LogP contribution in [0.15, 0.2) is 0 Å². The molecule has 0 bridgehead atoms. The molecule has 5 heteroatoms. The Morgan fingerprint density at radius 1 is 1.14 bits per heavy atom. The second-order valence-corrected chi connectivity index (χ2v) is 3.08. The Hall–Kier alpha value is -0.650. The molecule has 0 aromatic rings. The van der Waals surface area contributed by atoms with Gasteiger partial charge in [0, 0.05) is 13.5 Å². The first-order valence-electron chi connectivity index (χ1n) is 4.92. The Balaban J connectivity index is 0. The molecule has 0 heterocycles. The molecule has 1 amide bonds. The van der Waals surface area contributed by atoms with Crippen molar-refractivity contribution >= 4 is 5.91 Å². The van der Waals surface area contributed by atoms with Crippen molar-refractivity contribution in [1.29, 1.82) is 0 Å². The van der Waals surface area contributed by atoms with Gasteiger partial charge >= 0.3 is 0 Å². The van der Waals surface area contributed by atoms with Gasteiger partial charge in [-0.15, -0.1) is 0 Å². The zero-order valence-electron chi connectivity index (χ0n) is 8.94. The van der Waals surface area contributed by atoms with Crippen molar-refractivity contribution < 1.29 is 10.3 Å². The molecule has 0 unspecified atom stereocenters. The standard InChI is InChI=1S/C9H21N3O.H2O/c1-9(13)12-8-3-2-6-11-7-4-5-10;/h11H,2-8,10H2,1H3,(H,12,13);1H2. The summed E-state index contributed by atoms with van der Waals surface area (Å²) in [6, 6.07) is 0. The fourth-order valence-electron chi connectivity index (χ4n) is 0.991. The molecule has 0 aliphatic carbocycles. The van der Waals surface area contributed by atoms with Crippen LogP contribution in [0.2, 0.25) is 0 Å². The lowest BCUT2D eigenvalue weighted by Gasteiger charge is -2.03. The fourth-order valence-corrected chi connectivity index (χ4v) is 0.991. The number of nitrogens with two attached hydrogens (primary N) is 1. The number of rotatable bonds is 8. The minimum Gasteiger partial charge on any atom is -0.412 e. The van der Waals surface area contributed by atoms with Crippen LogP contribution in [-0.2, 0) is 4.79 Å². The third-order valence-corrected chi connectivity index (χ3v) is 1.71. The normalized spacial score (nSPS) is 9.29. The highest BCUT2D eigenvalue weighted by Gasteiger charge is 1.90. The number of carbonyl (C=O) groups is 1. The van der Waals surface area contributed by atoms with Crippen molar-refractivity contribution in [2.45, 2.75) is 26.2 Å². The quantitative estimate of drug-likeness (QED) is 0.444. The van der Waals surface area contributed by atoms with E-state index in [1.165, 1.54) is 0 Å². The molecule has 0 atom stereocenters. The Morgan fingerprint density at radius 2 is 1.71 bits per heavy atom. The maximum Gasteiger partial charge on any atom is 0.216 e. The zero-order valence-corrected chi connectivity index (χ0v) is 8.94. The summed E-state index contributed by atoms with van der Waals surface area (Å²) < 4.78 is 0. The van der Waals surface area contributed by atoms with Crippen LogP contribution >= 0.6 is 0 Å². The molecule has 86 valence electrons. The minimum atomic E-state index is 0. The first-order valence-corrected chi connectivity index (χ1v) is 4.92. The predicted molar refractivity (Wildman–Crippen MR) is 58.1 cm³/mol. The third-order valence-electron chi connectivity index (χ3n) is 1.71. The van der Waals surface area contributed by atoms with Gasteiger partial charge in [-0.05, 0) is 38.9 Å². The fraction of sp³-hybridized carbons (Fsp3) is 0.889. The van der Waals surface area contributed by atoms with Gasteiger partial charge < -0.3 is 21.8 Å². The summed E-state index contributed by atoms with van der Waals surface area (Å²) in [7, 11) is 0. The van der Waals surface area contributed by atoms with E-state index in [1.807, 2.05) is 0 Å². The smallest absolute Gasteiger partial charge is 0.216 e. The van der Waals surface area contributed by atoms with E-state index in [0.717, 1.165) is 45.4 Å². The number of carbonyl (C=O) groups excluding carboxylic acids is 1. The highest BCUT2D eigenvalue weighted by Crippen LogP contribution is 1.84. The second-order valence-electron chi connectivity index (χ2n) is 3.08. The van der Waals surface area contributed by atoms with E-state index in [4.69, 9.17) is 5.73 Å². The molecule has 0 fully saturated rings. The second kappa shape index (κ2) is 12.3. The molecule has 0 aliphatic heterocycles. The number of nitrogens with one attached hydrogen (secondary N) is 2. The van der Waals surface area contributed by atoms with Crippen LogP contribution in [0.1, 0.15) is 26.2 Å². The predicted octanol–water partition coefficient (Wildman–Crippen LogP) is -0.984. The number of hydrogen-bond acceptors (Lipinski definition) is 3. The van der Waals surface area contributed by atoms with E-state index >= 15 is 0 Å². The first-order chi connectivity index (χ1) is 6.27. The van der Waals surface area contributed by atoms with Crippen LogP contribution in [0, 0.1) is 0 Å². The van der Waals surface area contributed by atoms with Crippen LogP contribution in [0.3, 0.4) is 0 Å². The Kier molecular flexibility index (Phi) is 13.9. The highest BCUT2D eigenvalue weighted by atomic mass is 16.1. The van der Waals surface area contributed by atoms with Crippen LogP contribution in [-0.4, -0.2) is 37.6 Å². The van der Waals surface area contributed by atoms with Gasteiger partial charge in [-0.1, -0.05) is 0 Å². The van der Waals surface area contributed by atoms with Crippen molar-refractivity contribution in [3.05, 3.63) is 0 Å². The van der Waals surface area contributed by atoms with Gasteiger partial charge in [-0.2, -0.15) is 0 Å². The van der Waals surface area contributed by atoms with Crippen molar-refractivity contribution in [3.63, 3.8) is 0 Å². The average molecular weight is 205 g/mol. The number of amides is 1. The summed E-state index contributed by atoms with van der Waals surface area (Å²) in [4.78, 5) is 10.5. The van der Waals surface area contributed by atoms with Crippen molar-refractivity contribution in [1.82, 2.24) is 10.6 Å². The van der Waals surface area contributed by atoms with Gasteiger partial charge in [0.2, 0.25) is 5.91 Å². The maximum atomic E-state index is 10.5. The van der Waals surface area contributed by atoms with E-state index in [-0.39, 0.29) is 11.4 Å². The monoisotopic (exact) mass is 205 g/mol. The number of hydrogen-bond donors (Lipinski definition) is 3. The molecule has 0 aromatic carbocycles. The van der Waals surface area contributed by atoms with Gasteiger partial charge in [0.15, 0.2) is 0 Å². The SMILES string of the molecule is CC(=O)NCCCCNCCCN.O. The van der Waals surface area contributed by atoms with Gasteiger partial charge in [0.05, 0.1) is 0 Å². The van der Waals surface area contributed by atoms with Crippen LogP contribution in [0.25, 0.3) is 0 Å².